The van der Waals surface area contributed by atoms with Gasteiger partial charge in [-0.1, -0.05) is 17.7 Å². The summed E-state index contributed by atoms with van der Waals surface area (Å²) >= 11 is 5.90. The molecule has 0 aliphatic carbocycles. The van der Waals surface area contributed by atoms with Gasteiger partial charge in [0.1, 0.15) is 6.33 Å². The minimum Gasteiger partial charge on any atom is -0.285 e. The molecule has 4 nitrogen and oxygen atoms in total. The van der Waals surface area contributed by atoms with Gasteiger partial charge in [-0.2, -0.15) is 5.10 Å². The number of halogens is 1. The highest BCUT2D eigenvalue weighted by molar-refractivity contribution is 6.31. The molecule has 0 atom stereocenters. The van der Waals surface area contributed by atoms with E-state index in [1.807, 2.05) is 6.07 Å². The van der Waals surface area contributed by atoms with E-state index in [-0.39, 0.29) is 5.78 Å². The van der Waals surface area contributed by atoms with Gasteiger partial charge in [-0.05, 0) is 24.1 Å². The molecule has 0 amide bonds. The van der Waals surface area contributed by atoms with Crippen LogP contribution < -0.4 is 0 Å². The second-order valence-corrected chi connectivity index (χ2v) is 4.12. The Labute approximate surface area is 96.9 Å². The summed E-state index contributed by atoms with van der Waals surface area (Å²) in [5.74, 6) is 0.286. The molecule has 1 aliphatic heterocycles. The zero-order valence-corrected chi connectivity index (χ0v) is 9.11. The standard InChI is InChI=1S/C11H8ClN3O/c12-8-2-1-7-3-4-15-11(13-6-14-15)10(16)9(7)5-8/h1-2,5-6H,3-4H2. The first kappa shape index (κ1) is 9.54. The van der Waals surface area contributed by atoms with Crippen molar-refractivity contribution in [2.24, 2.45) is 0 Å². The van der Waals surface area contributed by atoms with Crippen molar-refractivity contribution in [1.29, 1.82) is 0 Å². The normalized spacial score (nSPS) is 14.2. The maximum atomic E-state index is 12.2. The molecule has 0 fully saturated rings. The van der Waals surface area contributed by atoms with Crippen LogP contribution in [-0.4, -0.2) is 20.5 Å². The van der Waals surface area contributed by atoms with Crippen molar-refractivity contribution in [3.05, 3.63) is 46.5 Å². The number of fused-ring (bicyclic) bond motifs is 2. The summed E-state index contributed by atoms with van der Waals surface area (Å²) in [6.07, 6.45) is 2.18. The van der Waals surface area contributed by atoms with Crippen LogP contribution in [0.1, 0.15) is 21.7 Å². The van der Waals surface area contributed by atoms with Gasteiger partial charge in [0, 0.05) is 17.1 Å². The average Bonchev–Trinajstić information content (AvgIpc) is 2.70. The van der Waals surface area contributed by atoms with Gasteiger partial charge in [-0.3, -0.25) is 4.79 Å². The van der Waals surface area contributed by atoms with Crippen LogP contribution in [0.4, 0.5) is 0 Å². The molecule has 2 aromatic rings. The Morgan fingerprint density at radius 2 is 2.25 bits per heavy atom. The number of aromatic nitrogens is 3. The monoisotopic (exact) mass is 233 g/mol. The summed E-state index contributed by atoms with van der Waals surface area (Å²) < 4.78 is 1.64. The third-order valence-electron chi connectivity index (χ3n) is 2.73. The fraction of sp³-hybridized carbons (Fsp3) is 0.182. The van der Waals surface area contributed by atoms with Crippen LogP contribution in [0, 0.1) is 0 Å². The summed E-state index contributed by atoms with van der Waals surface area (Å²) in [6, 6.07) is 5.39. The molecular formula is C11H8ClN3O. The van der Waals surface area contributed by atoms with Gasteiger partial charge in [0.05, 0.1) is 0 Å². The van der Waals surface area contributed by atoms with E-state index in [2.05, 4.69) is 10.1 Å². The highest BCUT2D eigenvalue weighted by Gasteiger charge is 2.22. The van der Waals surface area contributed by atoms with Crippen LogP contribution in [0.2, 0.25) is 5.02 Å². The number of rotatable bonds is 0. The fourth-order valence-corrected chi connectivity index (χ4v) is 2.10. The number of aryl methyl sites for hydroxylation is 2. The van der Waals surface area contributed by atoms with Crippen molar-refractivity contribution in [2.75, 3.05) is 0 Å². The largest absolute Gasteiger partial charge is 0.285 e. The number of hydrogen-bond acceptors (Lipinski definition) is 3. The van der Waals surface area contributed by atoms with Crippen LogP contribution in [0.15, 0.2) is 24.5 Å². The van der Waals surface area contributed by atoms with E-state index in [9.17, 15) is 4.79 Å². The minimum absolute atomic E-state index is 0.104. The molecule has 0 bridgehead atoms. The van der Waals surface area contributed by atoms with Gasteiger partial charge >= 0.3 is 0 Å². The molecular weight excluding hydrogens is 226 g/mol. The molecule has 0 spiro atoms. The Kier molecular flexibility index (Phi) is 2.04. The predicted molar refractivity (Wildman–Crippen MR) is 58.6 cm³/mol. The predicted octanol–water partition coefficient (Wildman–Crippen LogP) is 1.72. The molecule has 1 aromatic carbocycles. The molecule has 80 valence electrons. The van der Waals surface area contributed by atoms with Crippen LogP contribution in [-0.2, 0) is 13.0 Å². The molecule has 16 heavy (non-hydrogen) atoms. The summed E-state index contributed by atoms with van der Waals surface area (Å²) in [5, 5.41) is 4.59. The van der Waals surface area contributed by atoms with Crippen molar-refractivity contribution in [3.63, 3.8) is 0 Å². The lowest BCUT2D eigenvalue weighted by atomic mass is 10.0. The lowest BCUT2D eigenvalue weighted by Gasteiger charge is -2.03. The molecule has 1 aromatic heterocycles. The summed E-state index contributed by atoms with van der Waals surface area (Å²) in [6.45, 7) is 0.676. The number of carbonyl (C=O) groups is 1. The molecule has 2 heterocycles. The van der Waals surface area contributed by atoms with Gasteiger partial charge in [0.25, 0.3) is 0 Å². The molecule has 0 saturated carbocycles. The van der Waals surface area contributed by atoms with Crippen molar-refractivity contribution >= 4 is 17.4 Å². The van der Waals surface area contributed by atoms with E-state index in [0.29, 0.717) is 23.0 Å². The van der Waals surface area contributed by atoms with Gasteiger partial charge in [0.15, 0.2) is 5.82 Å². The fourth-order valence-electron chi connectivity index (χ4n) is 1.93. The number of hydrogen-bond donors (Lipinski definition) is 0. The third kappa shape index (κ3) is 1.34. The number of ketones is 1. The first-order chi connectivity index (χ1) is 7.75. The second-order valence-electron chi connectivity index (χ2n) is 3.69. The minimum atomic E-state index is -0.104. The molecule has 5 heteroatoms. The quantitative estimate of drug-likeness (QED) is 0.696. The Balaban J connectivity index is 2.22. The van der Waals surface area contributed by atoms with Crippen LogP contribution in [0.5, 0.6) is 0 Å². The average molecular weight is 234 g/mol. The van der Waals surface area contributed by atoms with Crippen LogP contribution >= 0.6 is 11.6 Å². The van der Waals surface area contributed by atoms with E-state index in [0.717, 1.165) is 12.0 Å². The SMILES string of the molecule is O=C1c2cc(Cl)ccc2CCn2ncnc21. The summed E-state index contributed by atoms with van der Waals surface area (Å²) in [5.41, 5.74) is 1.64. The van der Waals surface area contributed by atoms with Crippen molar-refractivity contribution in [1.82, 2.24) is 14.8 Å². The molecule has 0 N–H and O–H groups in total. The van der Waals surface area contributed by atoms with Gasteiger partial charge in [-0.15, -0.1) is 0 Å². The summed E-state index contributed by atoms with van der Waals surface area (Å²) in [7, 11) is 0. The number of benzene rings is 1. The maximum Gasteiger partial charge on any atom is 0.230 e. The van der Waals surface area contributed by atoms with Crippen LogP contribution in [0.3, 0.4) is 0 Å². The maximum absolute atomic E-state index is 12.2. The first-order valence-electron chi connectivity index (χ1n) is 4.96. The third-order valence-corrected chi connectivity index (χ3v) is 2.96. The number of nitrogens with zero attached hydrogens (tertiary/aromatic N) is 3. The Bertz CT molecular complexity index is 576. The van der Waals surface area contributed by atoms with E-state index in [1.165, 1.54) is 6.33 Å². The van der Waals surface area contributed by atoms with Gasteiger partial charge < -0.3 is 0 Å². The zero-order chi connectivity index (χ0) is 11.1. The first-order valence-corrected chi connectivity index (χ1v) is 5.34. The zero-order valence-electron chi connectivity index (χ0n) is 8.35. The van der Waals surface area contributed by atoms with E-state index < -0.39 is 0 Å². The van der Waals surface area contributed by atoms with E-state index >= 15 is 0 Å². The highest BCUT2D eigenvalue weighted by atomic mass is 35.5. The lowest BCUT2D eigenvalue weighted by Crippen LogP contribution is -2.09. The molecule has 0 saturated heterocycles. The van der Waals surface area contributed by atoms with Gasteiger partial charge in [0.2, 0.25) is 5.78 Å². The molecule has 1 aliphatic rings. The van der Waals surface area contributed by atoms with Gasteiger partial charge in [-0.25, -0.2) is 9.67 Å². The van der Waals surface area contributed by atoms with Crippen molar-refractivity contribution < 1.29 is 4.79 Å². The Morgan fingerprint density at radius 3 is 3.12 bits per heavy atom. The second kappa shape index (κ2) is 3.42. The van der Waals surface area contributed by atoms with Crippen molar-refractivity contribution in [2.45, 2.75) is 13.0 Å². The highest BCUT2D eigenvalue weighted by Crippen LogP contribution is 2.22. The molecule has 0 radical (unpaired) electrons. The van der Waals surface area contributed by atoms with E-state index in [4.69, 9.17) is 11.6 Å². The Hall–Kier alpha value is -1.68. The summed E-state index contributed by atoms with van der Waals surface area (Å²) in [4.78, 5) is 16.1. The Morgan fingerprint density at radius 1 is 1.38 bits per heavy atom. The van der Waals surface area contributed by atoms with Crippen molar-refractivity contribution in [3.8, 4) is 0 Å². The lowest BCUT2D eigenvalue weighted by molar-refractivity contribution is 0.102. The molecule has 3 rings (SSSR count). The smallest absolute Gasteiger partial charge is 0.230 e. The number of carbonyl (C=O) groups excluding carboxylic acids is 1. The topological polar surface area (TPSA) is 47.8 Å². The van der Waals surface area contributed by atoms with E-state index in [1.54, 1.807) is 16.8 Å². The van der Waals surface area contributed by atoms with Crippen LogP contribution in [0.25, 0.3) is 0 Å². The molecule has 0 unspecified atom stereocenters.